The number of hydrogen-bond acceptors (Lipinski definition) is 8. The minimum Gasteiger partial charge on any atom is -0.419 e. The van der Waals surface area contributed by atoms with Crippen molar-refractivity contribution in [3.05, 3.63) is 35.7 Å². The third-order valence-electron chi connectivity index (χ3n) is 3.15. The molecule has 3 aromatic rings. The molecular weight excluding hydrogens is 342 g/mol. The van der Waals surface area contributed by atoms with Crippen molar-refractivity contribution < 1.29 is 4.42 Å². The van der Waals surface area contributed by atoms with E-state index in [0.717, 1.165) is 20.6 Å². The standard InChI is InChI=1S/C16H19N5OS2/c1-9(2)17-15-20-21-16(24-15)23-11(4)13-18-19-14(22-13)12-7-5-6-10(3)8-12/h5-9,11H,1-4H3,(H,17,20)/t11-/m1/s1. The van der Waals surface area contributed by atoms with Crippen molar-refractivity contribution in [3.63, 3.8) is 0 Å². The zero-order valence-corrected chi connectivity index (χ0v) is 15.6. The van der Waals surface area contributed by atoms with Gasteiger partial charge in [0.05, 0.1) is 5.25 Å². The van der Waals surface area contributed by atoms with Gasteiger partial charge < -0.3 is 9.73 Å². The summed E-state index contributed by atoms with van der Waals surface area (Å²) in [6.45, 7) is 8.21. The van der Waals surface area contributed by atoms with Crippen LogP contribution in [-0.2, 0) is 0 Å². The Morgan fingerprint density at radius 2 is 1.96 bits per heavy atom. The van der Waals surface area contributed by atoms with Crippen molar-refractivity contribution in [1.82, 2.24) is 20.4 Å². The van der Waals surface area contributed by atoms with Crippen LogP contribution >= 0.6 is 23.1 Å². The molecule has 2 aromatic heterocycles. The van der Waals surface area contributed by atoms with Gasteiger partial charge in [-0.25, -0.2) is 0 Å². The number of aromatic nitrogens is 4. The van der Waals surface area contributed by atoms with Gasteiger partial charge in [-0.15, -0.1) is 20.4 Å². The van der Waals surface area contributed by atoms with Crippen LogP contribution in [0.1, 0.15) is 37.5 Å². The molecule has 0 saturated heterocycles. The van der Waals surface area contributed by atoms with Crippen molar-refractivity contribution in [2.75, 3.05) is 5.32 Å². The summed E-state index contributed by atoms with van der Waals surface area (Å²) in [5.74, 6) is 1.13. The van der Waals surface area contributed by atoms with Gasteiger partial charge in [-0.2, -0.15) is 0 Å². The lowest BCUT2D eigenvalue weighted by Crippen LogP contribution is -2.08. The highest BCUT2D eigenvalue weighted by molar-refractivity contribution is 8.01. The largest absolute Gasteiger partial charge is 0.419 e. The highest BCUT2D eigenvalue weighted by Gasteiger charge is 2.18. The Balaban J connectivity index is 1.69. The second-order valence-corrected chi connectivity index (χ2v) is 8.31. The Morgan fingerprint density at radius 3 is 2.71 bits per heavy atom. The highest BCUT2D eigenvalue weighted by atomic mass is 32.2. The fourth-order valence-corrected chi connectivity index (χ4v) is 4.13. The van der Waals surface area contributed by atoms with Gasteiger partial charge >= 0.3 is 0 Å². The molecule has 0 bridgehead atoms. The summed E-state index contributed by atoms with van der Waals surface area (Å²) in [6, 6.07) is 8.36. The Hall–Kier alpha value is -1.93. The normalized spacial score (nSPS) is 12.5. The van der Waals surface area contributed by atoms with Gasteiger partial charge in [-0.1, -0.05) is 40.8 Å². The second-order valence-electron chi connectivity index (χ2n) is 5.75. The molecule has 1 N–H and O–H groups in total. The average Bonchev–Trinajstić information content (AvgIpc) is 3.16. The van der Waals surface area contributed by atoms with E-state index in [0.29, 0.717) is 17.8 Å². The fourth-order valence-electron chi connectivity index (χ4n) is 2.06. The topological polar surface area (TPSA) is 76.7 Å². The third-order valence-corrected chi connectivity index (χ3v) is 5.18. The molecule has 0 spiro atoms. The van der Waals surface area contributed by atoms with E-state index < -0.39 is 0 Å². The first-order valence-corrected chi connectivity index (χ1v) is 9.38. The van der Waals surface area contributed by atoms with Crippen LogP contribution in [0.3, 0.4) is 0 Å². The van der Waals surface area contributed by atoms with Gasteiger partial charge in [-0.05, 0) is 39.8 Å². The Bertz CT molecular complexity index is 814. The summed E-state index contributed by atoms with van der Waals surface area (Å²) in [4.78, 5) is 0. The molecule has 1 aromatic carbocycles. The number of nitrogens with one attached hydrogen (secondary N) is 1. The van der Waals surface area contributed by atoms with Gasteiger partial charge in [0.15, 0.2) is 4.34 Å². The predicted octanol–water partition coefficient (Wildman–Crippen LogP) is 4.57. The van der Waals surface area contributed by atoms with E-state index in [1.807, 2.05) is 38.1 Å². The molecule has 6 nitrogen and oxygen atoms in total. The van der Waals surface area contributed by atoms with Crippen molar-refractivity contribution in [2.45, 2.75) is 43.3 Å². The van der Waals surface area contributed by atoms with Crippen LogP contribution in [0.5, 0.6) is 0 Å². The highest BCUT2D eigenvalue weighted by Crippen LogP contribution is 2.37. The van der Waals surface area contributed by atoms with Crippen LogP contribution in [0.2, 0.25) is 0 Å². The van der Waals surface area contributed by atoms with E-state index in [1.165, 1.54) is 11.3 Å². The summed E-state index contributed by atoms with van der Waals surface area (Å²) in [5, 5.41) is 20.7. The SMILES string of the molecule is Cc1cccc(-c2nnc([C@@H](C)Sc3nnc(NC(C)C)s3)o2)c1. The first-order chi connectivity index (χ1) is 11.5. The van der Waals surface area contributed by atoms with Crippen molar-refractivity contribution >= 4 is 28.2 Å². The van der Waals surface area contributed by atoms with Crippen molar-refractivity contribution in [3.8, 4) is 11.5 Å². The monoisotopic (exact) mass is 361 g/mol. The first-order valence-electron chi connectivity index (χ1n) is 7.68. The van der Waals surface area contributed by atoms with Gasteiger partial charge in [-0.3, -0.25) is 0 Å². The van der Waals surface area contributed by atoms with E-state index in [9.17, 15) is 0 Å². The number of thioether (sulfide) groups is 1. The van der Waals surface area contributed by atoms with Crippen LogP contribution in [0.4, 0.5) is 5.13 Å². The van der Waals surface area contributed by atoms with Crippen LogP contribution in [-0.4, -0.2) is 26.4 Å². The molecule has 0 fully saturated rings. The molecule has 8 heteroatoms. The minimum atomic E-state index is 0.0101. The number of nitrogens with zero attached hydrogens (tertiary/aromatic N) is 4. The lowest BCUT2D eigenvalue weighted by Gasteiger charge is -2.04. The number of hydrogen-bond donors (Lipinski definition) is 1. The third kappa shape index (κ3) is 4.12. The maximum atomic E-state index is 5.83. The van der Waals surface area contributed by atoms with Crippen molar-refractivity contribution in [2.24, 2.45) is 0 Å². The summed E-state index contributed by atoms with van der Waals surface area (Å²) >= 11 is 3.09. The lowest BCUT2D eigenvalue weighted by atomic mass is 10.1. The molecule has 0 amide bonds. The van der Waals surface area contributed by atoms with Gasteiger partial charge in [0, 0.05) is 11.6 Å². The zero-order chi connectivity index (χ0) is 17.1. The van der Waals surface area contributed by atoms with E-state index in [2.05, 4.69) is 39.6 Å². The molecule has 2 heterocycles. The summed E-state index contributed by atoms with van der Waals surface area (Å²) < 4.78 is 6.70. The Morgan fingerprint density at radius 1 is 1.12 bits per heavy atom. The quantitative estimate of drug-likeness (QED) is 0.644. The van der Waals surface area contributed by atoms with Gasteiger partial charge in [0.25, 0.3) is 0 Å². The zero-order valence-electron chi connectivity index (χ0n) is 14.0. The van der Waals surface area contributed by atoms with Crippen LogP contribution in [0.25, 0.3) is 11.5 Å². The number of rotatable bonds is 6. The molecule has 0 aliphatic heterocycles. The van der Waals surface area contributed by atoms with E-state index in [4.69, 9.17) is 4.42 Å². The molecule has 3 rings (SSSR count). The first kappa shape index (κ1) is 16.9. The van der Waals surface area contributed by atoms with E-state index >= 15 is 0 Å². The number of anilines is 1. The molecule has 126 valence electrons. The van der Waals surface area contributed by atoms with Gasteiger partial charge in [0.2, 0.25) is 16.9 Å². The van der Waals surface area contributed by atoms with E-state index in [-0.39, 0.29) is 5.25 Å². The fraction of sp³-hybridized carbons (Fsp3) is 0.375. The molecule has 0 aliphatic rings. The van der Waals surface area contributed by atoms with Crippen LogP contribution in [0, 0.1) is 6.92 Å². The molecular formula is C16H19N5OS2. The summed E-state index contributed by atoms with van der Waals surface area (Å²) in [7, 11) is 0. The maximum Gasteiger partial charge on any atom is 0.247 e. The molecule has 0 radical (unpaired) electrons. The summed E-state index contributed by atoms with van der Waals surface area (Å²) in [5.41, 5.74) is 2.10. The minimum absolute atomic E-state index is 0.0101. The number of benzene rings is 1. The van der Waals surface area contributed by atoms with Crippen molar-refractivity contribution in [1.29, 1.82) is 0 Å². The maximum absolute atomic E-state index is 5.83. The Labute approximate surface area is 149 Å². The second kappa shape index (κ2) is 7.31. The van der Waals surface area contributed by atoms with Crippen LogP contribution < -0.4 is 5.32 Å². The summed E-state index contributed by atoms with van der Waals surface area (Å²) in [6.07, 6.45) is 0. The smallest absolute Gasteiger partial charge is 0.247 e. The Kier molecular flexibility index (Phi) is 5.15. The van der Waals surface area contributed by atoms with Crippen LogP contribution in [0.15, 0.2) is 33.0 Å². The lowest BCUT2D eigenvalue weighted by molar-refractivity contribution is 0.509. The molecule has 0 saturated carbocycles. The predicted molar refractivity (Wildman–Crippen MR) is 97.4 cm³/mol. The molecule has 0 unspecified atom stereocenters. The molecule has 0 aliphatic carbocycles. The van der Waals surface area contributed by atoms with Gasteiger partial charge in [0.1, 0.15) is 0 Å². The number of aryl methyl sites for hydroxylation is 1. The average molecular weight is 361 g/mol. The van der Waals surface area contributed by atoms with E-state index in [1.54, 1.807) is 11.8 Å². The molecule has 1 atom stereocenters. The molecule has 24 heavy (non-hydrogen) atoms.